The molecule has 0 atom stereocenters. The number of nitrogens with zero attached hydrogens (tertiary/aromatic N) is 4. The van der Waals surface area contributed by atoms with E-state index in [9.17, 15) is 4.39 Å². The van der Waals surface area contributed by atoms with Gasteiger partial charge in [0, 0.05) is 35.5 Å². The standard InChI is InChI=1S/C19H18FN5O/c1-26-19-8-16(6-7-17(19)15-9-21-22-10-15)25-13-24(12-23-25)11-14-4-2-3-5-18(14)20/h2-10,12H,11,13H2,1H3,(H,21,22). The number of anilines is 1. The minimum atomic E-state index is -0.203. The number of rotatable bonds is 5. The molecule has 4 rings (SSSR count). The van der Waals surface area contributed by atoms with Crippen LogP contribution in [0.2, 0.25) is 0 Å². The summed E-state index contributed by atoms with van der Waals surface area (Å²) in [5.74, 6) is 0.539. The Morgan fingerprint density at radius 3 is 2.88 bits per heavy atom. The average Bonchev–Trinajstić information content (AvgIpc) is 3.35. The highest BCUT2D eigenvalue weighted by Gasteiger charge is 2.18. The highest BCUT2D eigenvalue weighted by Crippen LogP contribution is 2.33. The van der Waals surface area contributed by atoms with Crippen molar-refractivity contribution in [3.8, 4) is 16.9 Å². The van der Waals surface area contributed by atoms with Crippen LogP contribution < -0.4 is 9.75 Å². The molecule has 0 saturated carbocycles. The normalized spacial score (nSPS) is 13.5. The van der Waals surface area contributed by atoms with E-state index in [-0.39, 0.29) is 5.82 Å². The molecule has 1 aliphatic rings. The molecule has 2 aromatic carbocycles. The van der Waals surface area contributed by atoms with Crippen molar-refractivity contribution in [1.29, 1.82) is 0 Å². The van der Waals surface area contributed by atoms with E-state index in [1.807, 2.05) is 40.4 Å². The van der Waals surface area contributed by atoms with Gasteiger partial charge in [-0.05, 0) is 18.2 Å². The Labute approximate surface area is 150 Å². The summed E-state index contributed by atoms with van der Waals surface area (Å²) in [6.07, 6.45) is 5.30. The van der Waals surface area contributed by atoms with Crippen LogP contribution in [0.5, 0.6) is 5.75 Å². The van der Waals surface area contributed by atoms with Crippen LogP contribution in [0.1, 0.15) is 5.56 Å². The summed E-state index contributed by atoms with van der Waals surface area (Å²) in [7, 11) is 1.64. The molecule has 0 aliphatic carbocycles. The first kappa shape index (κ1) is 16.1. The second kappa shape index (κ2) is 6.87. The van der Waals surface area contributed by atoms with Gasteiger partial charge in [-0.2, -0.15) is 10.2 Å². The lowest BCUT2D eigenvalue weighted by Gasteiger charge is -2.20. The van der Waals surface area contributed by atoms with E-state index < -0.39 is 0 Å². The van der Waals surface area contributed by atoms with Gasteiger partial charge in [0.25, 0.3) is 0 Å². The van der Waals surface area contributed by atoms with Gasteiger partial charge in [-0.15, -0.1) is 0 Å². The number of H-pyrrole nitrogens is 1. The molecule has 0 spiro atoms. The van der Waals surface area contributed by atoms with Crippen molar-refractivity contribution in [3.05, 3.63) is 66.2 Å². The van der Waals surface area contributed by atoms with E-state index in [0.29, 0.717) is 18.8 Å². The van der Waals surface area contributed by atoms with Gasteiger partial charge in [0.15, 0.2) is 0 Å². The van der Waals surface area contributed by atoms with Crippen molar-refractivity contribution in [3.63, 3.8) is 0 Å². The number of aromatic amines is 1. The summed E-state index contributed by atoms with van der Waals surface area (Å²) >= 11 is 0. The molecule has 0 radical (unpaired) electrons. The van der Waals surface area contributed by atoms with E-state index in [1.165, 1.54) is 6.07 Å². The Balaban J connectivity index is 1.51. The number of nitrogens with one attached hydrogen (secondary N) is 1. The van der Waals surface area contributed by atoms with E-state index in [4.69, 9.17) is 4.74 Å². The topological polar surface area (TPSA) is 56.8 Å². The van der Waals surface area contributed by atoms with Crippen molar-refractivity contribution in [2.45, 2.75) is 6.54 Å². The summed E-state index contributed by atoms with van der Waals surface area (Å²) in [5.41, 5.74) is 3.46. The van der Waals surface area contributed by atoms with Gasteiger partial charge < -0.3 is 9.64 Å². The Morgan fingerprint density at radius 1 is 1.23 bits per heavy atom. The fraction of sp³-hybridized carbons (Fsp3) is 0.158. The van der Waals surface area contributed by atoms with Crippen molar-refractivity contribution in [2.75, 3.05) is 18.8 Å². The number of ether oxygens (including phenoxy) is 1. The second-order valence-electron chi connectivity index (χ2n) is 5.98. The van der Waals surface area contributed by atoms with Crippen LogP contribution in [0.4, 0.5) is 10.1 Å². The van der Waals surface area contributed by atoms with Crippen LogP contribution in [-0.2, 0) is 6.54 Å². The summed E-state index contributed by atoms with van der Waals surface area (Å²) in [6, 6.07) is 12.7. The summed E-state index contributed by atoms with van der Waals surface area (Å²) in [6.45, 7) is 1.01. The van der Waals surface area contributed by atoms with Gasteiger partial charge in [-0.3, -0.25) is 5.10 Å². The quantitative estimate of drug-likeness (QED) is 0.765. The Morgan fingerprint density at radius 2 is 2.12 bits per heavy atom. The van der Waals surface area contributed by atoms with Crippen molar-refractivity contribution in [2.24, 2.45) is 5.10 Å². The first-order valence-electron chi connectivity index (χ1n) is 8.21. The summed E-state index contributed by atoms with van der Waals surface area (Å²) < 4.78 is 19.4. The average molecular weight is 351 g/mol. The fourth-order valence-corrected chi connectivity index (χ4v) is 2.94. The number of hydrogen-bond acceptors (Lipinski definition) is 5. The van der Waals surface area contributed by atoms with E-state index >= 15 is 0 Å². The number of halogens is 1. The molecule has 0 amide bonds. The maximum atomic E-state index is 13.8. The SMILES string of the molecule is COc1cc(N2CN(Cc3ccccc3F)C=N2)ccc1-c1cn[nH]c1. The number of methoxy groups -OCH3 is 1. The van der Waals surface area contributed by atoms with Crippen LogP contribution in [0.15, 0.2) is 60.0 Å². The molecular weight excluding hydrogens is 333 g/mol. The van der Waals surface area contributed by atoms with E-state index in [0.717, 1.165) is 22.6 Å². The molecule has 0 fully saturated rings. The molecule has 1 aromatic heterocycles. The Bertz CT molecular complexity index is 925. The van der Waals surface area contributed by atoms with Crippen molar-refractivity contribution < 1.29 is 9.13 Å². The van der Waals surface area contributed by atoms with Gasteiger partial charge in [-0.1, -0.05) is 18.2 Å². The Kier molecular flexibility index (Phi) is 4.27. The molecule has 26 heavy (non-hydrogen) atoms. The zero-order valence-corrected chi connectivity index (χ0v) is 14.3. The summed E-state index contributed by atoms with van der Waals surface area (Å²) in [5, 5.41) is 13.1. The molecule has 0 saturated heterocycles. The van der Waals surface area contributed by atoms with Crippen LogP contribution >= 0.6 is 0 Å². The van der Waals surface area contributed by atoms with Crippen molar-refractivity contribution in [1.82, 2.24) is 15.1 Å². The third-order valence-corrected chi connectivity index (χ3v) is 4.29. The Hall–Kier alpha value is -3.35. The predicted molar refractivity (Wildman–Crippen MR) is 98.4 cm³/mol. The highest BCUT2D eigenvalue weighted by molar-refractivity contribution is 5.73. The molecule has 3 aromatic rings. The predicted octanol–water partition coefficient (Wildman–Crippen LogP) is 3.45. The monoisotopic (exact) mass is 351 g/mol. The van der Waals surface area contributed by atoms with Gasteiger partial charge in [0.1, 0.15) is 24.6 Å². The van der Waals surface area contributed by atoms with E-state index in [2.05, 4.69) is 15.3 Å². The zero-order valence-electron chi connectivity index (χ0n) is 14.3. The first-order valence-corrected chi connectivity index (χ1v) is 8.21. The molecule has 6 nitrogen and oxygen atoms in total. The first-order chi connectivity index (χ1) is 12.7. The molecule has 1 N–H and O–H groups in total. The van der Waals surface area contributed by atoms with Crippen molar-refractivity contribution >= 4 is 12.0 Å². The van der Waals surface area contributed by atoms with Crippen LogP contribution in [0, 0.1) is 5.82 Å². The molecule has 132 valence electrons. The molecule has 7 heteroatoms. The van der Waals surface area contributed by atoms with Crippen LogP contribution in [-0.4, -0.2) is 35.2 Å². The molecule has 0 unspecified atom stereocenters. The maximum Gasteiger partial charge on any atom is 0.128 e. The van der Waals surface area contributed by atoms with Gasteiger partial charge in [0.05, 0.1) is 19.0 Å². The molecule has 0 bridgehead atoms. The largest absolute Gasteiger partial charge is 0.496 e. The second-order valence-corrected chi connectivity index (χ2v) is 5.98. The van der Waals surface area contributed by atoms with Gasteiger partial charge in [0.2, 0.25) is 0 Å². The lowest BCUT2D eigenvalue weighted by atomic mass is 10.1. The molecule has 1 aliphatic heterocycles. The van der Waals surface area contributed by atoms with Crippen LogP contribution in [0.25, 0.3) is 11.1 Å². The molecular formula is C19H18FN5O. The molecule has 2 heterocycles. The summed E-state index contributed by atoms with van der Waals surface area (Å²) in [4.78, 5) is 1.95. The minimum absolute atomic E-state index is 0.203. The van der Waals surface area contributed by atoms with Gasteiger partial charge in [-0.25, -0.2) is 9.40 Å². The maximum absolute atomic E-state index is 13.8. The third-order valence-electron chi connectivity index (χ3n) is 4.29. The zero-order chi connectivity index (χ0) is 17.9. The lowest BCUT2D eigenvalue weighted by molar-refractivity contribution is 0.415. The third kappa shape index (κ3) is 3.11. The number of hydrazone groups is 1. The van der Waals surface area contributed by atoms with Crippen LogP contribution in [0.3, 0.4) is 0 Å². The number of benzene rings is 2. The number of hydrogen-bond donors (Lipinski definition) is 1. The highest BCUT2D eigenvalue weighted by atomic mass is 19.1. The smallest absolute Gasteiger partial charge is 0.128 e. The van der Waals surface area contributed by atoms with Gasteiger partial charge >= 0.3 is 0 Å². The number of aromatic nitrogens is 2. The lowest BCUT2D eigenvalue weighted by Crippen LogP contribution is -2.26. The fourth-order valence-electron chi connectivity index (χ4n) is 2.94. The van der Waals surface area contributed by atoms with E-state index in [1.54, 1.807) is 31.8 Å². The minimum Gasteiger partial charge on any atom is -0.496 e.